The van der Waals surface area contributed by atoms with Crippen molar-refractivity contribution in [2.24, 2.45) is 5.41 Å². The van der Waals surface area contributed by atoms with E-state index in [1.165, 1.54) is 25.7 Å². The molecule has 0 atom stereocenters. The predicted molar refractivity (Wildman–Crippen MR) is 53.5 cm³/mol. The molecule has 0 heterocycles. The van der Waals surface area contributed by atoms with Crippen LogP contribution in [0.4, 0.5) is 0 Å². The summed E-state index contributed by atoms with van der Waals surface area (Å²) in [6, 6.07) is 0. The number of rotatable bonds is 0. The van der Waals surface area contributed by atoms with E-state index >= 15 is 0 Å². The van der Waals surface area contributed by atoms with E-state index in [9.17, 15) is 0 Å². The van der Waals surface area contributed by atoms with Crippen molar-refractivity contribution in [2.75, 3.05) is 0 Å². The van der Waals surface area contributed by atoms with Gasteiger partial charge in [0.15, 0.2) is 0 Å². The summed E-state index contributed by atoms with van der Waals surface area (Å²) in [5, 5.41) is 0. The Bertz CT molecular complexity index is 81.5. The molecular weight excluding hydrogens is 132 g/mol. The van der Waals surface area contributed by atoms with Crippen molar-refractivity contribution in [1.82, 2.24) is 0 Å². The van der Waals surface area contributed by atoms with Crippen molar-refractivity contribution < 1.29 is 0 Å². The van der Waals surface area contributed by atoms with Crippen LogP contribution in [0.25, 0.3) is 0 Å². The minimum atomic E-state index is 0.722. The lowest BCUT2D eigenvalue weighted by Gasteiger charge is -2.33. The fourth-order valence-electron chi connectivity index (χ4n) is 0.884. The fourth-order valence-corrected chi connectivity index (χ4v) is 0.884. The molecule has 0 amide bonds. The number of terminal acetylenes is 1. The first-order chi connectivity index (χ1) is 5.12. The predicted octanol–water partition coefficient (Wildman–Crippen LogP) is 3.86. The molecule has 0 bridgehead atoms. The van der Waals surface area contributed by atoms with Crippen LogP contribution in [0.5, 0.6) is 0 Å². The van der Waals surface area contributed by atoms with E-state index in [-0.39, 0.29) is 0 Å². The molecule has 0 saturated heterocycles. The van der Waals surface area contributed by atoms with Crippen molar-refractivity contribution in [3.8, 4) is 12.8 Å². The van der Waals surface area contributed by atoms with Crippen LogP contribution < -0.4 is 0 Å². The summed E-state index contributed by atoms with van der Waals surface area (Å²) < 4.78 is 0. The van der Waals surface area contributed by atoms with Crippen LogP contribution in [0.1, 0.15) is 53.4 Å². The van der Waals surface area contributed by atoms with Gasteiger partial charge in [0, 0.05) is 0 Å². The van der Waals surface area contributed by atoms with Crippen LogP contribution in [0, 0.1) is 18.3 Å². The van der Waals surface area contributed by atoms with Gasteiger partial charge in [-0.1, -0.05) is 40.5 Å². The van der Waals surface area contributed by atoms with Gasteiger partial charge in [-0.05, 0) is 18.3 Å². The van der Waals surface area contributed by atoms with Crippen LogP contribution >= 0.6 is 0 Å². The third-order valence-corrected chi connectivity index (χ3v) is 1.71. The Balaban J connectivity index is 0. The largest absolute Gasteiger partial charge is 0.124 e. The molecule has 1 rings (SSSR count). The minimum Gasteiger partial charge on any atom is -0.124 e. The van der Waals surface area contributed by atoms with Gasteiger partial charge in [0.25, 0.3) is 0 Å². The maximum absolute atomic E-state index is 4.00. The van der Waals surface area contributed by atoms with E-state index in [4.69, 9.17) is 0 Å². The smallest absolute Gasteiger partial charge is 0.0354 e. The molecule has 0 aliphatic heterocycles. The molecule has 0 unspecified atom stereocenters. The summed E-state index contributed by atoms with van der Waals surface area (Å²) >= 11 is 0. The second-order valence-corrected chi connectivity index (χ2v) is 3.72. The Morgan fingerprint density at radius 1 is 1.09 bits per heavy atom. The van der Waals surface area contributed by atoms with Gasteiger partial charge in [-0.2, -0.15) is 0 Å². The van der Waals surface area contributed by atoms with E-state index in [1.54, 1.807) is 0 Å². The Kier molecular flexibility index (Phi) is 9.18. The Morgan fingerprint density at radius 2 is 1.27 bits per heavy atom. The summed E-state index contributed by atoms with van der Waals surface area (Å²) in [6.07, 6.45) is 13.6. The molecule has 1 saturated carbocycles. The lowest BCUT2D eigenvalue weighted by molar-refractivity contribution is 0.190. The molecule has 0 aromatic carbocycles. The standard InChI is InChI=1S/C6H12.C3H8.C2H2/c1-6(2)4-3-5-6;1-3-2;1-2/h3-5H2,1-2H3;3H2,1-2H3;1-2H. The molecule has 0 heteroatoms. The lowest BCUT2D eigenvalue weighted by Crippen LogP contribution is -2.20. The highest BCUT2D eigenvalue weighted by atomic mass is 14.3. The van der Waals surface area contributed by atoms with Gasteiger partial charge in [0.2, 0.25) is 0 Å². The normalized spacial score (nSPS) is 17.6. The van der Waals surface area contributed by atoms with Crippen molar-refractivity contribution in [2.45, 2.75) is 53.4 Å². The second kappa shape index (κ2) is 7.66. The van der Waals surface area contributed by atoms with Gasteiger partial charge in [-0.3, -0.25) is 0 Å². The summed E-state index contributed by atoms with van der Waals surface area (Å²) in [5.41, 5.74) is 0.722. The molecule has 0 aromatic rings. The zero-order valence-corrected chi connectivity index (χ0v) is 8.48. The van der Waals surface area contributed by atoms with Crippen LogP contribution in [-0.4, -0.2) is 0 Å². The van der Waals surface area contributed by atoms with Crippen LogP contribution in [0.15, 0.2) is 0 Å². The van der Waals surface area contributed by atoms with Gasteiger partial charge in [-0.25, -0.2) is 0 Å². The molecule has 0 N–H and O–H groups in total. The third kappa shape index (κ3) is 9.56. The highest BCUT2D eigenvalue weighted by Crippen LogP contribution is 2.38. The topological polar surface area (TPSA) is 0 Å². The molecule has 0 nitrogen and oxygen atoms in total. The van der Waals surface area contributed by atoms with Crippen molar-refractivity contribution in [3.05, 3.63) is 0 Å². The summed E-state index contributed by atoms with van der Waals surface area (Å²) in [7, 11) is 0. The first kappa shape index (κ1) is 13.2. The highest BCUT2D eigenvalue weighted by molar-refractivity contribution is 4.77. The van der Waals surface area contributed by atoms with Gasteiger partial charge < -0.3 is 0 Å². The molecular formula is C11H22. The van der Waals surface area contributed by atoms with Crippen molar-refractivity contribution >= 4 is 0 Å². The van der Waals surface area contributed by atoms with E-state index in [0.717, 1.165) is 5.41 Å². The van der Waals surface area contributed by atoms with E-state index in [0.29, 0.717) is 0 Å². The van der Waals surface area contributed by atoms with E-state index in [2.05, 4.69) is 40.5 Å². The van der Waals surface area contributed by atoms with Crippen LogP contribution in [0.3, 0.4) is 0 Å². The number of hydrogen-bond acceptors (Lipinski definition) is 0. The minimum absolute atomic E-state index is 0.722. The van der Waals surface area contributed by atoms with Crippen molar-refractivity contribution in [1.29, 1.82) is 0 Å². The Hall–Kier alpha value is -0.440. The van der Waals surface area contributed by atoms with Crippen LogP contribution in [-0.2, 0) is 0 Å². The monoisotopic (exact) mass is 154 g/mol. The van der Waals surface area contributed by atoms with Gasteiger partial charge in [0.05, 0.1) is 0 Å². The summed E-state index contributed by atoms with van der Waals surface area (Å²) in [6.45, 7) is 8.91. The zero-order valence-electron chi connectivity index (χ0n) is 8.48. The summed E-state index contributed by atoms with van der Waals surface area (Å²) in [4.78, 5) is 0. The van der Waals surface area contributed by atoms with E-state index < -0.39 is 0 Å². The zero-order chi connectivity index (χ0) is 9.33. The lowest BCUT2D eigenvalue weighted by atomic mass is 9.72. The van der Waals surface area contributed by atoms with Gasteiger partial charge in [0.1, 0.15) is 0 Å². The first-order valence-corrected chi connectivity index (χ1v) is 4.45. The fraction of sp³-hybridized carbons (Fsp3) is 0.818. The third-order valence-electron chi connectivity index (χ3n) is 1.71. The van der Waals surface area contributed by atoms with E-state index in [1.807, 2.05) is 0 Å². The summed E-state index contributed by atoms with van der Waals surface area (Å²) in [5.74, 6) is 0. The van der Waals surface area contributed by atoms with Crippen molar-refractivity contribution in [3.63, 3.8) is 0 Å². The second-order valence-electron chi connectivity index (χ2n) is 3.72. The average molecular weight is 154 g/mol. The van der Waals surface area contributed by atoms with Gasteiger partial charge in [-0.15, -0.1) is 12.8 Å². The highest BCUT2D eigenvalue weighted by Gasteiger charge is 2.24. The van der Waals surface area contributed by atoms with Gasteiger partial charge >= 0.3 is 0 Å². The average Bonchev–Trinajstić information content (AvgIpc) is 1.91. The SMILES string of the molecule is C#C.CC1(C)CCC1.CCC. The Morgan fingerprint density at radius 3 is 1.27 bits per heavy atom. The molecule has 0 spiro atoms. The Labute approximate surface area is 72.4 Å². The van der Waals surface area contributed by atoms with Crippen LogP contribution in [0.2, 0.25) is 0 Å². The molecule has 0 aromatic heterocycles. The molecule has 1 aliphatic carbocycles. The molecule has 66 valence electrons. The molecule has 11 heavy (non-hydrogen) atoms. The maximum atomic E-state index is 4.00. The number of hydrogen-bond donors (Lipinski definition) is 0. The molecule has 1 aliphatic rings. The maximum Gasteiger partial charge on any atom is -0.0354 e. The molecule has 1 fully saturated rings. The molecule has 0 radical (unpaired) electrons. The first-order valence-electron chi connectivity index (χ1n) is 4.45. The quantitative estimate of drug-likeness (QED) is 0.465.